The SMILES string of the molecule is CCOC(=O)N1CCN(C(=O)CN2CCN(Cc3ccc4c(c3)CCO4)CC2)CC1. The van der Waals surface area contributed by atoms with E-state index < -0.39 is 0 Å². The number of piperazine rings is 2. The molecule has 0 unspecified atom stereocenters. The number of nitrogens with zero attached hydrogens (tertiary/aromatic N) is 4. The van der Waals surface area contributed by atoms with Gasteiger partial charge in [0, 0.05) is 65.3 Å². The number of ether oxygens (including phenoxy) is 2. The highest BCUT2D eigenvalue weighted by atomic mass is 16.6. The van der Waals surface area contributed by atoms with Crippen molar-refractivity contribution in [3.63, 3.8) is 0 Å². The minimum absolute atomic E-state index is 0.158. The average molecular weight is 417 g/mol. The Labute approximate surface area is 178 Å². The van der Waals surface area contributed by atoms with Gasteiger partial charge in [0.05, 0.1) is 19.8 Å². The quantitative estimate of drug-likeness (QED) is 0.715. The Bertz CT molecular complexity index is 756. The lowest BCUT2D eigenvalue weighted by atomic mass is 10.1. The highest BCUT2D eigenvalue weighted by molar-refractivity contribution is 5.78. The molecule has 1 aromatic carbocycles. The van der Waals surface area contributed by atoms with Gasteiger partial charge in [-0.3, -0.25) is 14.6 Å². The van der Waals surface area contributed by atoms with Gasteiger partial charge in [-0.05, 0) is 24.1 Å². The molecule has 0 aliphatic carbocycles. The lowest BCUT2D eigenvalue weighted by Crippen LogP contribution is -2.54. The maximum absolute atomic E-state index is 12.7. The molecule has 0 bridgehead atoms. The fourth-order valence-corrected chi connectivity index (χ4v) is 4.35. The predicted molar refractivity (Wildman–Crippen MR) is 113 cm³/mol. The fourth-order valence-electron chi connectivity index (χ4n) is 4.35. The minimum Gasteiger partial charge on any atom is -0.493 e. The van der Waals surface area contributed by atoms with Crippen molar-refractivity contribution in [1.29, 1.82) is 0 Å². The van der Waals surface area contributed by atoms with E-state index in [0.717, 1.165) is 51.5 Å². The molecule has 8 heteroatoms. The third-order valence-corrected chi connectivity index (χ3v) is 6.14. The molecule has 0 saturated carbocycles. The van der Waals surface area contributed by atoms with Gasteiger partial charge in [0.15, 0.2) is 0 Å². The van der Waals surface area contributed by atoms with E-state index in [4.69, 9.17) is 9.47 Å². The van der Waals surface area contributed by atoms with E-state index in [-0.39, 0.29) is 12.0 Å². The molecule has 2 amide bonds. The van der Waals surface area contributed by atoms with E-state index >= 15 is 0 Å². The Morgan fingerprint density at radius 3 is 2.40 bits per heavy atom. The van der Waals surface area contributed by atoms with Crippen LogP contribution in [0.4, 0.5) is 4.79 Å². The van der Waals surface area contributed by atoms with Crippen molar-refractivity contribution in [2.45, 2.75) is 19.9 Å². The number of hydrogen-bond donors (Lipinski definition) is 0. The van der Waals surface area contributed by atoms with Crippen LogP contribution in [0.15, 0.2) is 18.2 Å². The largest absolute Gasteiger partial charge is 0.493 e. The molecule has 30 heavy (non-hydrogen) atoms. The maximum Gasteiger partial charge on any atom is 0.409 e. The monoisotopic (exact) mass is 416 g/mol. The smallest absolute Gasteiger partial charge is 0.409 e. The van der Waals surface area contributed by atoms with Crippen LogP contribution < -0.4 is 4.74 Å². The first-order valence-electron chi connectivity index (χ1n) is 11.0. The molecule has 0 N–H and O–H groups in total. The molecular weight excluding hydrogens is 384 g/mol. The second-order valence-corrected chi connectivity index (χ2v) is 8.16. The van der Waals surface area contributed by atoms with E-state index in [1.165, 1.54) is 11.1 Å². The van der Waals surface area contributed by atoms with Crippen molar-refractivity contribution in [2.24, 2.45) is 0 Å². The van der Waals surface area contributed by atoms with Crippen LogP contribution in [0.5, 0.6) is 5.75 Å². The number of fused-ring (bicyclic) bond motifs is 1. The number of carbonyl (C=O) groups is 2. The van der Waals surface area contributed by atoms with Crippen molar-refractivity contribution in [3.05, 3.63) is 29.3 Å². The van der Waals surface area contributed by atoms with Crippen LogP contribution in [0, 0.1) is 0 Å². The van der Waals surface area contributed by atoms with Crippen LogP contribution >= 0.6 is 0 Å². The normalized spacial score (nSPS) is 20.0. The number of rotatable bonds is 5. The van der Waals surface area contributed by atoms with Crippen molar-refractivity contribution in [1.82, 2.24) is 19.6 Å². The van der Waals surface area contributed by atoms with Crippen LogP contribution in [-0.2, 0) is 22.5 Å². The van der Waals surface area contributed by atoms with Crippen molar-refractivity contribution < 1.29 is 19.1 Å². The van der Waals surface area contributed by atoms with Gasteiger partial charge in [0.25, 0.3) is 0 Å². The number of hydrogen-bond acceptors (Lipinski definition) is 6. The summed E-state index contributed by atoms with van der Waals surface area (Å²) in [5.41, 5.74) is 2.66. The van der Waals surface area contributed by atoms with Crippen molar-refractivity contribution >= 4 is 12.0 Å². The summed E-state index contributed by atoms with van der Waals surface area (Å²) in [6.07, 6.45) is 0.726. The lowest BCUT2D eigenvalue weighted by Gasteiger charge is -2.37. The third-order valence-electron chi connectivity index (χ3n) is 6.14. The molecule has 2 saturated heterocycles. The van der Waals surface area contributed by atoms with Crippen molar-refractivity contribution in [3.8, 4) is 5.75 Å². The second kappa shape index (κ2) is 9.66. The number of benzene rings is 1. The summed E-state index contributed by atoms with van der Waals surface area (Å²) in [6, 6.07) is 6.53. The number of amides is 2. The molecule has 0 atom stereocenters. The van der Waals surface area contributed by atoms with Crippen LogP contribution in [-0.4, -0.2) is 104 Å². The molecule has 0 aromatic heterocycles. The molecule has 8 nitrogen and oxygen atoms in total. The van der Waals surface area contributed by atoms with Gasteiger partial charge in [-0.15, -0.1) is 0 Å². The van der Waals surface area contributed by atoms with Crippen LogP contribution in [0.2, 0.25) is 0 Å². The minimum atomic E-state index is -0.281. The molecule has 3 aliphatic rings. The molecule has 4 rings (SSSR count). The van der Waals surface area contributed by atoms with E-state index in [2.05, 4.69) is 28.0 Å². The van der Waals surface area contributed by atoms with Gasteiger partial charge < -0.3 is 19.3 Å². The summed E-state index contributed by atoms with van der Waals surface area (Å²) in [6.45, 7) is 10.4. The van der Waals surface area contributed by atoms with Gasteiger partial charge in [-0.1, -0.05) is 12.1 Å². The molecule has 164 valence electrons. The summed E-state index contributed by atoms with van der Waals surface area (Å²) >= 11 is 0. The van der Waals surface area contributed by atoms with Gasteiger partial charge >= 0.3 is 6.09 Å². The molecule has 1 aromatic rings. The zero-order chi connectivity index (χ0) is 20.9. The Morgan fingerprint density at radius 2 is 1.67 bits per heavy atom. The molecule has 0 radical (unpaired) electrons. The summed E-state index contributed by atoms with van der Waals surface area (Å²) in [5, 5.41) is 0. The Morgan fingerprint density at radius 1 is 0.967 bits per heavy atom. The van der Waals surface area contributed by atoms with E-state index in [1.54, 1.807) is 11.8 Å². The second-order valence-electron chi connectivity index (χ2n) is 8.16. The first kappa shape index (κ1) is 20.9. The highest BCUT2D eigenvalue weighted by Crippen LogP contribution is 2.26. The molecule has 0 spiro atoms. The molecule has 3 heterocycles. The fraction of sp³-hybridized carbons (Fsp3) is 0.636. The van der Waals surface area contributed by atoms with Crippen LogP contribution in [0.25, 0.3) is 0 Å². The predicted octanol–water partition coefficient (Wildman–Crippen LogP) is 1.04. The lowest BCUT2D eigenvalue weighted by molar-refractivity contribution is -0.134. The third kappa shape index (κ3) is 5.05. The highest BCUT2D eigenvalue weighted by Gasteiger charge is 2.27. The molecule has 3 aliphatic heterocycles. The van der Waals surface area contributed by atoms with Gasteiger partial charge in [-0.25, -0.2) is 4.79 Å². The van der Waals surface area contributed by atoms with Gasteiger partial charge in [-0.2, -0.15) is 0 Å². The van der Waals surface area contributed by atoms with E-state index in [1.807, 2.05) is 4.90 Å². The molecule has 2 fully saturated rings. The van der Waals surface area contributed by atoms with E-state index in [9.17, 15) is 9.59 Å². The Hall–Kier alpha value is -2.32. The summed E-state index contributed by atoms with van der Waals surface area (Å²) in [5.74, 6) is 1.19. The summed E-state index contributed by atoms with van der Waals surface area (Å²) in [7, 11) is 0. The van der Waals surface area contributed by atoms with Crippen molar-refractivity contribution in [2.75, 3.05) is 72.1 Å². The summed E-state index contributed by atoms with van der Waals surface area (Å²) in [4.78, 5) is 32.7. The Kier molecular flexibility index (Phi) is 6.74. The Balaban J connectivity index is 1.18. The zero-order valence-electron chi connectivity index (χ0n) is 17.8. The molecular formula is C22H32N4O4. The maximum atomic E-state index is 12.7. The van der Waals surface area contributed by atoms with Crippen LogP contribution in [0.3, 0.4) is 0 Å². The van der Waals surface area contributed by atoms with Gasteiger partial charge in [0.2, 0.25) is 5.91 Å². The van der Waals surface area contributed by atoms with Gasteiger partial charge in [0.1, 0.15) is 5.75 Å². The topological polar surface area (TPSA) is 65.6 Å². The first-order chi connectivity index (χ1) is 14.6. The van der Waals surface area contributed by atoms with Crippen LogP contribution in [0.1, 0.15) is 18.1 Å². The standard InChI is InChI=1S/C22H32N4O4/c1-2-29-22(28)26-12-10-25(11-13-26)21(27)17-24-8-6-23(7-9-24)16-18-3-4-20-19(15-18)5-14-30-20/h3-4,15H,2,5-14,16-17H2,1H3. The number of carbonyl (C=O) groups excluding carboxylic acids is 2. The average Bonchev–Trinajstić information content (AvgIpc) is 3.23. The zero-order valence-corrected chi connectivity index (χ0v) is 17.8. The first-order valence-corrected chi connectivity index (χ1v) is 11.0. The van der Waals surface area contributed by atoms with E-state index in [0.29, 0.717) is 39.3 Å². The summed E-state index contributed by atoms with van der Waals surface area (Å²) < 4.78 is 10.6.